The van der Waals surface area contributed by atoms with Crippen molar-refractivity contribution in [2.75, 3.05) is 33.4 Å². The Bertz CT molecular complexity index is 179. The Morgan fingerprint density at radius 3 is 2.69 bits per heavy atom. The molecule has 0 aromatic carbocycles. The van der Waals surface area contributed by atoms with Gasteiger partial charge in [0.15, 0.2) is 0 Å². The Morgan fingerprint density at radius 2 is 2.12 bits per heavy atom. The molecule has 0 spiro atoms. The van der Waals surface area contributed by atoms with E-state index in [0.29, 0.717) is 12.1 Å². The first-order chi connectivity index (χ1) is 7.59. The van der Waals surface area contributed by atoms with Gasteiger partial charge in [-0.15, -0.1) is 0 Å². The van der Waals surface area contributed by atoms with Gasteiger partial charge in [-0.05, 0) is 39.3 Å². The molecule has 1 rings (SSSR count). The van der Waals surface area contributed by atoms with Gasteiger partial charge in [0.1, 0.15) is 0 Å². The van der Waals surface area contributed by atoms with Crippen molar-refractivity contribution in [2.45, 2.75) is 45.7 Å². The van der Waals surface area contributed by atoms with E-state index in [9.17, 15) is 0 Å². The van der Waals surface area contributed by atoms with Crippen molar-refractivity contribution in [1.29, 1.82) is 0 Å². The molecule has 1 aliphatic heterocycles. The highest BCUT2D eigenvalue weighted by molar-refractivity contribution is 4.73. The lowest BCUT2D eigenvalue weighted by Crippen LogP contribution is -2.43. The van der Waals surface area contributed by atoms with Gasteiger partial charge < -0.3 is 15.0 Å². The van der Waals surface area contributed by atoms with Crippen LogP contribution in [0.5, 0.6) is 0 Å². The lowest BCUT2D eigenvalue weighted by molar-refractivity contribution is 0.0690. The smallest absolute Gasteiger partial charge is 0.0620 e. The standard InChI is InChI=1S/C13H28N2O/c1-11(2)9-12(3)15(4)7-5-13-10-16-8-6-14-13/h11-14H,5-10H2,1-4H3. The van der Waals surface area contributed by atoms with E-state index < -0.39 is 0 Å². The van der Waals surface area contributed by atoms with Gasteiger partial charge in [0.2, 0.25) is 0 Å². The van der Waals surface area contributed by atoms with E-state index in [1.54, 1.807) is 0 Å². The number of morpholine rings is 1. The summed E-state index contributed by atoms with van der Waals surface area (Å²) in [7, 11) is 2.23. The van der Waals surface area contributed by atoms with Crippen LogP contribution in [0.15, 0.2) is 0 Å². The Labute approximate surface area is 101 Å². The van der Waals surface area contributed by atoms with Crippen LogP contribution in [0.3, 0.4) is 0 Å². The molecule has 1 heterocycles. The van der Waals surface area contributed by atoms with E-state index >= 15 is 0 Å². The largest absolute Gasteiger partial charge is 0.379 e. The number of hydrogen-bond donors (Lipinski definition) is 1. The van der Waals surface area contributed by atoms with Crippen LogP contribution >= 0.6 is 0 Å². The van der Waals surface area contributed by atoms with E-state index in [1.165, 1.54) is 12.8 Å². The third-order valence-corrected chi connectivity index (χ3v) is 3.39. The molecular formula is C13H28N2O. The topological polar surface area (TPSA) is 24.5 Å². The summed E-state index contributed by atoms with van der Waals surface area (Å²) in [6, 6.07) is 1.24. The number of nitrogens with zero attached hydrogens (tertiary/aromatic N) is 1. The highest BCUT2D eigenvalue weighted by atomic mass is 16.5. The molecule has 2 atom stereocenters. The lowest BCUT2D eigenvalue weighted by Gasteiger charge is -2.29. The van der Waals surface area contributed by atoms with Crippen molar-refractivity contribution >= 4 is 0 Å². The minimum absolute atomic E-state index is 0.558. The summed E-state index contributed by atoms with van der Waals surface area (Å²) in [6.07, 6.45) is 2.48. The van der Waals surface area contributed by atoms with Gasteiger partial charge in [-0.3, -0.25) is 0 Å². The first-order valence-corrected chi connectivity index (χ1v) is 6.61. The summed E-state index contributed by atoms with van der Waals surface area (Å²) in [4.78, 5) is 2.47. The molecule has 0 aromatic heterocycles. The maximum Gasteiger partial charge on any atom is 0.0620 e. The molecule has 16 heavy (non-hydrogen) atoms. The van der Waals surface area contributed by atoms with E-state index in [-0.39, 0.29) is 0 Å². The molecule has 0 saturated carbocycles. The van der Waals surface area contributed by atoms with Crippen LogP contribution in [0.2, 0.25) is 0 Å². The summed E-state index contributed by atoms with van der Waals surface area (Å²) in [5.74, 6) is 0.786. The molecule has 0 aliphatic carbocycles. The van der Waals surface area contributed by atoms with Gasteiger partial charge in [0, 0.05) is 18.6 Å². The fraction of sp³-hybridized carbons (Fsp3) is 1.00. The second-order valence-electron chi connectivity index (χ2n) is 5.47. The molecule has 1 fully saturated rings. The molecule has 1 saturated heterocycles. The van der Waals surface area contributed by atoms with Crippen molar-refractivity contribution in [3.8, 4) is 0 Å². The van der Waals surface area contributed by atoms with Gasteiger partial charge >= 0.3 is 0 Å². The number of hydrogen-bond acceptors (Lipinski definition) is 3. The van der Waals surface area contributed by atoms with Crippen molar-refractivity contribution < 1.29 is 4.74 Å². The molecule has 3 heteroatoms. The van der Waals surface area contributed by atoms with Gasteiger partial charge in [-0.1, -0.05) is 13.8 Å². The van der Waals surface area contributed by atoms with Gasteiger partial charge in [0.05, 0.1) is 13.2 Å². The summed E-state index contributed by atoms with van der Waals surface area (Å²) in [5, 5.41) is 3.50. The first kappa shape index (κ1) is 13.9. The second-order valence-corrected chi connectivity index (χ2v) is 5.47. The molecule has 0 aromatic rings. The van der Waals surface area contributed by atoms with Crippen LogP contribution in [0, 0.1) is 5.92 Å². The lowest BCUT2D eigenvalue weighted by atomic mass is 10.0. The Kier molecular flexibility index (Phi) is 6.32. The fourth-order valence-corrected chi connectivity index (χ4v) is 2.25. The molecule has 1 N–H and O–H groups in total. The quantitative estimate of drug-likeness (QED) is 0.749. The third-order valence-electron chi connectivity index (χ3n) is 3.39. The fourth-order valence-electron chi connectivity index (χ4n) is 2.25. The summed E-state index contributed by atoms with van der Waals surface area (Å²) >= 11 is 0. The first-order valence-electron chi connectivity index (χ1n) is 6.61. The highest BCUT2D eigenvalue weighted by Gasteiger charge is 2.16. The Morgan fingerprint density at radius 1 is 1.38 bits per heavy atom. The molecule has 1 aliphatic rings. The Hall–Kier alpha value is -0.120. The molecular weight excluding hydrogens is 200 g/mol. The number of rotatable bonds is 6. The average Bonchev–Trinajstić information content (AvgIpc) is 2.26. The minimum Gasteiger partial charge on any atom is -0.379 e. The predicted molar refractivity (Wildman–Crippen MR) is 68.8 cm³/mol. The Balaban J connectivity index is 2.15. The van der Waals surface area contributed by atoms with Crippen LogP contribution in [-0.4, -0.2) is 50.3 Å². The van der Waals surface area contributed by atoms with Crippen LogP contribution in [0.25, 0.3) is 0 Å². The van der Waals surface area contributed by atoms with E-state index in [4.69, 9.17) is 4.74 Å². The third kappa shape index (κ3) is 5.28. The predicted octanol–water partition coefficient (Wildman–Crippen LogP) is 1.73. The van der Waals surface area contributed by atoms with Crippen LogP contribution in [-0.2, 0) is 4.74 Å². The van der Waals surface area contributed by atoms with Gasteiger partial charge in [-0.25, -0.2) is 0 Å². The zero-order chi connectivity index (χ0) is 12.0. The number of nitrogens with one attached hydrogen (secondary N) is 1. The van der Waals surface area contributed by atoms with Crippen molar-refractivity contribution in [1.82, 2.24) is 10.2 Å². The molecule has 3 nitrogen and oxygen atoms in total. The maximum absolute atomic E-state index is 5.46. The molecule has 2 unspecified atom stereocenters. The molecule has 0 radical (unpaired) electrons. The van der Waals surface area contributed by atoms with Crippen molar-refractivity contribution in [3.05, 3.63) is 0 Å². The SMILES string of the molecule is CC(C)CC(C)N(C)CCC1COCCN1. The van der Waals surface area contributed by atoms with Crippen LogP contribution in [0.1, 0.15) is 33.6 Å². The van der Waals surface area contributed by atoms with Crippen LogP contribution in [0.4, 0.5) is 0 Å². The summed E-state index contributed by atoms with van der Waals surface area (Å²) in [5.41, 5.74) is 0. The summed E-state index contributed by atoms with van der Waals surface area (Å²) in [6.45, 7) is 10.8. The highest BCUT2D eigenvalue weighted by Crippen LogP contribution is 2.10. The molecule has 0 bridgehead atoms. The zero-order valence-electron chi connectivity index (χ0n) is 11.3. The summed E-state index contributed by atoms with van der Waals surface area (Å²) < 4.78 is 5.46. The average molecular weight is 228 g/mol. The van der Waals surface area contributed by atoms with E-state index in [0.717, 1.165) is 32.2 Å². The zero-order valence-corrected chi connectivity index (χ0v) is 11.3. The van der Waals surface area contributed by atoms with Gasteiger partial charge in [0.25, 0.3) is 0 Å². The maximum atomic E-state index is 5.46. The van der Waals surface area contributed by atoms with E-state index in [2.05, 4.69) is 38.0 Å². The van der Waals surface area contributed by atoms with E-state index in [1.807, 2.05) is 0 Å². The van der Waals surface area contributed by atoms with Crippen molar-refractivity contribution in [2.24, 2.45) is 5.92 Å². The van der Waals surface area contributed by atoms with Crippen molar-refractivity contribution in [3.63, 3.8) is 0 Å². The monoisotopic (exact) mass is 228 g/mol. The number of ether oxygens (including phenoxy) is 1. The van der Waals surface area contributed by atoms with Gasteiger partial charge in [-0.2, -0.15) is 0 Å². The molecule has 0 amide bonds. The molecule has 96 valence electrons. The van der Waals surface area contributed by atoms with Crippen LogP contribution < -0.4 is 5.32 Å². The second kappa shape index (κ2) is 7.25. The normalized spacial score (nSPS) is 24.0. The minimum atomic E-state index is 0.558.